The fourth-order valence-electron chi connectivity index (χ4n) is 1.10. The summed E-state index contributed by atoms with van der Waals surface area (Å²) in [6, 6.07) is 1.85. The van der Waals surface area contributed by atoms with E-state index in [4.69, 9.17) is 5.53 Å². The van der Waals surface area contributed by atoms with E-state index in [9.17, 15) is 4.79 Å². The van der Waals surface area contributed by atoms with Crippen molar-refractivity contribution in [2.75, 3.05) is 13.7 Å². The summed E-state index contributed by atoms with van der Waals surface area (Å²) in [6.07, 6.45) is 4.35. The fourth-order valence-corrected chi connectivity index (χ4v) is 1.90. The van der Waals surface area contributed by atoms with E-state index in [2.05, 4.69) is 14.8 Å². The van der Waals surface area contributed by atoms with Crippen molar-refractivity contribution in [1.29, 1.82) is 0 Å². The summed E-state index contributed by atoms with van der Waals surface area (Å²) < 4.78 is 4.65. The Morgan fingerprint density at radius 3 is 3.25 bits per heavy atom. The van der Waals surface area contributed by atoms with Crippen molar-refractivity contribution in [2.45, 2.75) is 6.42 Å². The standard InChI is InChI=1S/C10H11N3O2S/c1-15-10(14)9-8(5-7-16-9)4-2-3-6-12-13-11/h2,4-5,7H,3,6H2,1H3. The normalized spacial score (nSPS) is 10.1. The second-order valence-electron chi connectivity index (χ2n) is 2.84. The molecule has 0 radical (unpaired) electrons. The Kier molecular flexibility index (Phi) is 5.11. The Morgan fingerprint density at radius 1 is 1.75 bits per heavy atom. The summed E-state index contributed by atoms with van der Waals surface area (Å²) in [5, 5.41) is 5.24. The zero-order valence-corrected chi connectivity index (χ0v) is 9.61. The van der Waals surface area contributed by atoms with Gasteiger partial charge in [-0.05, 0) is 29.0 Å². The Balaban J connectivity index is 2.63. The topological polar surface area (TPSA) is 75.1 Å². The molecule has 0 fully saturated rings. The molecule has 84 valence electrons. The van der Waals surface area contributed by atoms with E-state index in [1.54, 1.807) is 0 Å². The van der Waals surface area contributed by atoms with Crippen LogP contribution >= 0.6 is 11.3 Å². The van der Waals surface area contributed by atoms with E-state index in [1.807, 2.05) is 23.6 Å². The number of carbonyl (C=O) groups is 1. The number of hydrogen-bond acceptors (Lipinski definition) is 4. The molecular weight excluding hydrogens is 226 g/mol. The van der Waals surface area contributed by atoms with Crippen LogP contribution in [-0.4, -0.2) is 19.6 Å². The molecule has 0 saturated heterocycles. The molecular formula is C10H11N3O2S. The van der Waals surface area contributed by atoms with Crippen molar-refractivity contribution in [3.63, 3.8) is 0 Å². The lowest BCUT2D eigenvalue weighted by Gasteiger charge is -1.96. The molecule has 1 aromatic heterocycles. The smallest absolute Gasteiger partial charge is 0.348 e. The minimum atomic E-state index is -0.329. The van der Waals surface area contributed by atoms with Gasteiger partial charge in [0.2, 0.25) is 0 Å². The fraction of sp³-hybridized carbons (Fsp3) is 0.300. The molecule has 1 heterocycles. The van der Waals surface area contributed by atoms with Gasteiger partial charge < -0.3 is 4.74 Å². The average molecular weight is 237 g/mol. The van der Waals surface area contributed by atoms with Crippen molar-refractivity contribution in [2.24, 2.45) is 5.11 Å². The van der Waals surface area contributed by atoms with Crippen LogP contribution in [-0.2, 0) is 4.74 Å². The Morgan fingerprint density at radius 2 is 2.56 bits per heavy atom. The van der Waals surface area contributed by atoms with Gasteiger partial charge in [0.15, 0.2) is 0 Å². The monoisotopic (exact) mass is 237 g/mol. The molecule has 0 spiro atoms. The first-order chi connectivity index (χ1) is 7.79. The predicted octanol–water partition coefficient (Wildman–Crippen LogP) is 3.25. The van der Waals surface area contributed by atoms with Crippen molar-refractivity contribution in [3.8, 4) is 0 Å². The first-order valence-corrected chi connectivity index (χ1v) is 5.50. The lowest BCUT2D eigenvalue weighted by molar-refractivity contribution is 0.0606. The number of carbonyl (C=O) groups excluding carboxylic acids is 1. The quantitative estimate of drug-likeness (QED) is 0.259. The van der Waals surface area contributed by atoms with Crippen LogP contribution in [0.15, 0.2) is 22.6 Å². The van der Waals surface area contributed by atoms with Crippen molar-refractivity contribution < 1.29 is 9.53 Å². The van der Waals surface area contributed by atoms with Crippen LogP contribution in [0.5, 0.6) is 0 Å². The number of hydrogen-bond donors (Lipinski definition) is 0. The Hall–Kier alpha value is -1.78. The summed E-state index contributed by atoms with van der Waals surface area (Å²) in [5.74, 6) is -0.329. The van der Waals surface area contributed by atoms with Gasteiger partial charge in [-0.3, -0.25) is 0 Å². The average Bonchev–Trinajstić information content (AvgIpc) is 2.76. The maximum absolute atomic E-state index is 11.3. The molecule has 6 heteroatoms. The van der Waals surface area contributed by atoms with E-state index in [-0.39, 0.29) is 5.97 Å². The number of rotatable bonds is 5. The zero-order chi connectivity index (χ0) is 11.8. The number of methoxy groups -OCH3 is 1. The number of azide groups is 1. The third-order valence-electron chi connectivity index (χ3n) is 1.82. The maximum Gasteiger partial charge on any atom is 0.348 e. The molecule has 0 aliphatic heterocycles. The second kappa shape index (κ2) is 6.66. The van der Waals surface area contributed by atoms with Crippen molar-refractivity contribution in [1.82, 2.24) is 0 Å². The highest BCUT2D eigenvalue weighted by atomic mass is 32.1. The number of ether oxygens (including phenoxy) is 1. The molecule has 16 heavy (non-hydrogen) atoms. The molecule has 0 unspecified atom stereocenters. The molecule has 0 amide bonds. The molecule has 0 N–H and O–H groups in total. The van der Waals surface area contributed by atoms with Crippen LogP contribution in [0, 0.1) is 0 Å². The summed E-state index contributed by atoms with van der Waals surface area (Å²) in [4.78, 5) is 14.6. The minimum absolute atomic E-state index is 0.329. The zero-order valence-electron chi connectivity index (χ0n) is 8.79. The van der Waals surface area contributed by atoms with Crippen molar-refractivity contribution >= 4 is 23.4 Å². The summed E-state index contributed by atoms with van der Waals surface area (Å²) >= 11 is 1.34. The minimum Gasteiger partial charge on any atom is -0.465 e. The van der Waals surface area contributed by atoms with Gasteiger partial charge in [0.05, 0.1) is 7.11 Å². The third kappa shape index (κ3) is 3.42. The highest BCUT2D eigenvalue weighted by Crippen LogP contribution is 2.19. The molecule has 1 aromatic rings. The Bertz CT molecular complexity index is 433. The van der Waals surface area contributed by atoms with Crippen LogP contribution in [0.25, 0.3) is 16.5 Å². The number of esters is 1. The molecule has 0 atom stereocenters. The molecule has 0 bridgehead atoms. The molecule has 1 rings (SSSR count). The first kappa shape index (κ1) is 12.3. The largest absolute Gasteiger partial charge is 0.465 e. The van der Waals surface area contributed by atoms with E-state index >= 15 is 0 Å². The third-order valence-corrected chi connectivity index (χ3v) is 2.73. The lowest BCUT2D eigenvalue weighted by Crippen LogP contribution is -1.99. The van der Waals surface area contributed by atoms with Crippen molar-refractivity contribution in [3.05, 3.63) is 38.4 Å². The SMILES string of the molecule is COC(=O)c1sccc1C=CCCN=[N+]=[N-]. The predicted molar refractivity (Wildman–Crippen MR) is 63.3 cm³/mol. The van der Waals surface area contributed by atoms with Crippen LogP contribution in [0.1, 0.15) is 21.7 Å². The van der Waals surface area contributed by atoms with Gasteiger partial charge in [0.25, 0.3) is 0 Å². The highest BCUT2D eigenvalue weighted by molar-refractivity contribution is 7.12. The van der Waals surface area contributed by atoms with Crippen LogP contribution < -0.4 is 0 Å². The summed E-state index contributed by atoms with van der Waals surface area (Å²) in [5.41, 5.74) is 8.90. The van der Waals surface area contributed by atoms with E-state index in [0.29, 0.717) is 17.8 Å². The van der Waals surface area contributed by atoms with Gasteiger partial charge in [0, 0.05) is 11.5 Å². The van der Waals surface area contributed by atoms with Gasteiger partial charge in [-0.2, -0.15) is 0 Å². The summed E-state index contributed by atoms with van der Waals surface area (Å²) in [7, 11) is 1.36. The maximum atomic E-state index is 11.3. The number of thiophene rings is 1. The number of nitrogens with zero attached hydrogens (tertiary/aromatic N) is 3. The molecule has 5 nitrogen and oxygen atoms in total. The van der Waals surface area contributed by atoms with Gasteiger partial charge >= 0.3 is 5.97 Å². The van der Waals surface area contributed by atoms with E-state index in [0.717, 1.165) is 5.56 Å². The van der Waals surface area contributed by atoms with Crippen LogP contribution in [0.4, 0.5) is 0 Å². The van der Waals surface area contributed by atoms with Crippen LogP contribution in [0.2, 0.25) is 0 Å². The molecule has 0 saturated carbocycles. The van der Waals surface area contributed by atoms with E-state index < -0.39 is 0 Å². The van der Waals surface area contributed by atoms with E-state index in [1.165, 1.54) is 18.4 Å². The summed E-state index contributed by atoms with van der Waals surface area (Å²) in [6.45, 7) is 0.421. The highest BCUT2D eigenvalue weighted by Gasteiger charge is 2.10. The molecule has 0 aliphatic rings. The molecule has 0 aromatic carbocycles. The second-order valence-corrected chi connectivity index (χ2v) is 3.76. The van der Waals surface area contributed by atoms with Gasteiger partial charge in [0.1, 0.15) is 4.88 Å². The van der Waals surface area contributed by atoms with Crippen LogP contribution in [0.3, 0.4) is 0 Å². The first-order valence-electron chi connectivity index (χ1n) is 4.62. The lowest BCUT2D eigenvalue weighted by atomic mass is 10.2. The molecule has 0 aliphatic carbocycles. The Labute approximate surface area is 97.0 Å². The van der Waals surface area contributed by atoms with Gasteiger partial charge in [-0.25, -0.2) is 4.79 Å². The van der Waals surface area contributed by atoms with Gasteiger partial charge in [-0.1, -0.05) is 17.3 Å². The van der Waals surface area contributed by atoms with Gasteiger partial charge in [-0.15, -0.1) is 11.3 Å².